The minimum absolute atomic E-state index is 0.0591. The van der Waals surface area contributed by atoms with E-state index in [4.69, 9.17) is 9.97 Å². The van der Waals surface area contributed by atoms with Gasteiger partial charge >= 0.3 is 0 Å². The van der Waals surface area contributed by atoms with Gasteiger partial charge in [-0.15, -0.1) is 22.7 Å². The number of fused-ring (bicyclic) bond motifs is 2. The zero-order valence-electron chi connectivity index (χ0n) is 30.6. The highest BCUT2D eigenvalue weighted by Crippen LogP contribution is 2.39. The number of benzene rings is 4. The molecule has 0 amide bonds. The van der Waals surface area contributed by atoms with Gasteiger partial charge in [0.1, 0.15) is 0 Å². The molecule has 0 atom stereocenters. The number of hydrogen-bond donors (Lipinski definition) is 0. The summed E-state index contributed by atoms with van der Waals surface area (Å²) in [5.41, 5.74) is 11.3. The Morgan fingerprint density at radius 1 is 0.462 bits per heavy atom. The molecule has 0 aliphatic heterocycles. The SMILES string of the molecule is CC(C)(C)c1cc(-c2ccccc2)c2cc(-c3ccc4nc(-c5ccc(/C=C/c6ccc(C(C)(C)C)s6)s5)cc(-c5ccccc5)c4c3)ccc2n1. The molecule has 8 aromatic rings. The molecule has 4 aromatic heterocycles. The molecule has 0 aliphatic carbocycles. The van der Waals surface area contributed by atoms with E-state index in [9.17, 15) is 0 Å². The lowest BCUT2D eigenvalue weighted by Gasteiger charge is -2.20. The predicted molar refractivity (Wildman–Crippen MR) is 227 cm³/mol. The first-order valence-electron chi connectivity index (χ1n) is 17.9. The molecule has 0 bridgehead atoms. The topological polar surface area (TPSA) is 25.8 Å². The molecule has 4 heterocycles. The van der Waals surface area contributed by atoms with Gasteiger partial charge in [0.15, 0.2) is 0 Å². The van der Waals surface area contributed by atoms with Crippen LogP contribution >= 0.6 is 22.7 Å². The van der Waals surface area contributed by atoms with Crippen LogP contribution in [0.1, 0.15) is 61.9 Å². The van der Waals surface area contributed by atoms with Crippen LogP contribution in [-0.2, 0) is 10.8 Å². The highest BCUT2D eigenvalue weighted by molar-refractivity contribution is 7.16. The summed E-state index contributed by atoms with van der Waals surface area (Å²) >= 11 is 3.65. The van der Waals surface area contributed by atoms with Gasteiger partial charge < -0.3 is 0 Å². The molecule has 8 rings (SSSR count). The maximum absolute atomic E-state index is 5.24. The Balaban J connectivity index is 1.20. The average Bonchev–Trinajstić information content (AvgIpc) is 3.84. The van der Waals surface area contributed by atoms with Crippen molar-refractivity contribution in [3.05, 3.63) is 154 Å². The van der Waals surface area contributed by atoms with Crippen LogP contribution in [0.2, 0.25) is 0 Å². The Labute approximate surface area is 315 Å². The summed E-state index contributed by atoms with van der Waals surface area (Å²) in [7, 11) is 0. The molecule has 0 saturated heterocycles. The van der Waals surface area contributed by atoms with Crippen LogP contribution in [0.3, 0.4) is 0 Å². The highest BCUT2D eigenvalue weighted by atomic mass is 32.1. The van der Waals surface area contributed by atoms with E-state index in [2.05, 4.69) is 187 Å². The van der Waals surface area contributed by atoms with Crippen LogP contribution in [0.25, 0.3) is 77.9 Å². The molecule has 0 N–H and O–H groups in total. The van der Waals surface area contributed by atoms with E-state index in [-0.39, 0.29) is 10.8 Å². The second kappa shape index (κ2) is 13.4. The highest BCUT2D eigenvalue weighted by Gasteiger charge is 2.20. The van der Waals surface area contributed by atoms with Crippen molar-refractivity contribution < 1.29 is 0 Å². The second-order valence-corrected chi connectivity index (χ2v) is 17.8. The predicted octanol–water partition coefficient (Wildman–Crippen LogP) is 14.3. The summed E-state index contributed by atoms with van der Waals surface area (Å²) in [5, 5.41) is 2.30. The molecule has 256 valence electrons. The molecule has 4 aromatic carbocycles. The molecule has 0 unspecified atom stereocenters. The summed E-state index contributed by atoms with van der Waals surface area (Å²) in [6, 6.07) is 48.2. The molecule has 52 heavy (non-hydrogen) atoms. The Morgan fingerprint density at radius 3 is 1.56 bits per heavy atom. The standard InChI is InChI=1S/C48H42N2S2/c1-47(2,3)45-30-38(32-15-11-8-12-16-32)40-28-34(18-24-42(40)50-45)33-17-23-41-39(27-33)37(31-13-9-7-10-14-31)29-43(49-41)44-25-21-35(51-44)19-20-36-22-26-46(52-36)48(4,5)6/h7-30H,1-6H3/b20-19+. The number of aromatic nitrogens is 2. The molecule has 2 nitrogen and oxygen atoms in total. The van der Waals surface area contributed by atoms with E-state index < -0.39 is 0 Å². The Hall–Kier alpha value is -5.16. The first kappa shape index (κ1) is 34.0. The largest absolute Gasteiger partial charge is 0.252 e. The Kier molecular flexibility index (Phi) is 8.77. The van der Waals surface area contributed by atoms with Crippen molar-refractivity contribution in [2.24, 2.45) is 0 Å². The maximum Gasteiger partial charge on any atom is 0.0815 e. The van der Waals surface area contributed by atoms with E-state index in [1.165, 1.54) is 36.9 Å². The van der Waals surface area contributed by atoms with Gasteiger partial charge in [0.2, 0.25) is 0 Å². The van der Waals surface area contributed by atoms with Gasteiger partial charge in [0, 0.05) is 36.5 Å². The van der Waals surface area contributed by atoms with Gasteiger partial charge in [0.25, 0.3) is 0 Å². The van der Waals surface area contributed by atoms with Gasteiger partial charge in [-0.1, -0.05) is 114 Å². The first-order valence-corrected chi connectivity index (χ1v) is 19.5. The van der Waals surface area contributed by atoms with Crippen LogP contribution in [0.4, 0.5) is 0 Å². The Bertz CT molecular complexity index is 2580. The van der Waals surface area contributed by atoms with E-state index >= 15 is 0 Å². The fraction of sp³-hybridized carbons (Fsp3) is 0.167. The zero-order valence-corrected chi connectivity index (χ0v) is 32.2. The quantitative estimate of drug-likeness (QED) is 0.172. The number of pyridine rings is 2. The molecule has 0 aliphatic rings. The van der Waals surface area contributed by atoms with E-state index in [0.29, 0.717) is 0 Å². The second-order valence-electron chi connectivity index (χ2n) is 15.5. The van der Waals surface area contributed by atoms with Crippen molar-refractivity contribution in [1.82, 2.24) is 9.97 Å². The van der Waals surface area contributed by atoms with E-state index in [0.717, 1.165) is 49.2 Å². The third kappa shape index (κ3) is 6.89. The zero-order chi connectivity index (χ0) is 36.0. The molecule has 0 radical (unpaired) electrons. The Morgan fingerprint density at radius 2 is 1.00 bits per heavy atom. The van der Waals surface area contributed by atoms with Crippen LogP contribution in [0.15, 0.2) is 133 Å². The number of thiophene rings is 2. The normalized spacial score (nSPS) is 12.3. The summed E-state index contributed by atoms with van der Waals surface area (Å²) < 4.78 is 0. The van der Waals surface area contributed by atoms with Gasteiger partial charge in [-0.05, 0) is 112 Å². The van der Waals surface area contributed by atoms with Crippen LogP contribution in [0.5, 0.6) is 0 Å². The van der Waals surface area contributed by atoms with Crippen molar-refractivity contribution in [2.75, 3.05) is 0 Å². The molecular formula is C48H42N2S2. The summed E-state index contributed by atoms with van der Waals surface area (Å²) in [6.45, 7) is 13.5. The van der Waals surface area contributed by atoms with Crippen molar-refractivity contribution in [2.45, 2.75) is 52.4 Å². The summed E-state index contributed by atoms with van der Waals surface area (Å²) in [5.74, 6) is 0. The lowest BCUT2D eigenvalue weighted by molar-refractivity contribution is 0.572. The van der Waals surface area contributed by atoms with Gasteiger partial charge in [-0.3, -0.25) is 4.98 Å². The third-order valence-corrected chi connectivity index (χ3v) is 12.1. The van der Waals surface area contributed by atoms with Crippen molar-refractivity contribution in [3.63, 3.8) is 0 Å². The monoisotopic (exact) mass is 710 g/mol. The fourth-order valence-electron chi connectivity index (χ4n) is 6.62. The minimum atomic E-state index is -0.0591. The minimum Gasteiger partial charge on any atom is -0.252 e. The van der Waals surface area contributed by atoms with Gasteiger partial charge in [-0.25, -0.2) is 4.98 Å². The average molecular weight is 711 g/mol. The fourth-order valence-corrected chi connectivity index (χ4v) is 8.46. The van der Waals surface area contributed by atoms with Gasteiger partial charge in [0.05, 0.1) is 21.6 Å². The third-order valence-electron chi connectivity index (χ3n) is 9.55. The summed E-state index contributed by atoms with van der Waals surface area (Å²) in [4.78, 5) is 15.4. The van der Waals surface area contributed by atoms with Gasteiger partial charge in [-0.2, -0.15) is 0 Å². The van der Waals surface area contributed by atoms with Crippen LogP contribution in [0, 0.1) is 0 Å². The molecular weight excluding hydrogens is 669 g/mol. The van der Waals surface area contributed by atoms with Crippen molar-refractivity contribution in [3.8, 4) is 44.0 Å². The van der Waals surface area contributed by atoms with Crippen LogP contribution < -0.4 is 0 Å². The van der Waals surface area contributed by atoms with E-state index in [1.807, 2.05) is 11.3 Å². The number of nitrogens with zero attached hydrogens (tertiary/aromatic N) is 2. The van der Waals surface area contributed by atoms with E-state index in [1.54, 1.807) is 11.3 Å². The molecule has 0 fully saturated rings. The number of rotatable bonds is 6. The lowest BCUT2D eigenvalue weighted by atomic mass is 9.88. The van der Waals surface area contributed by atoms with Crippen LogP contribution in [-0.4, -0.2) is 9.97 Å². The molecule has 0 saturated carbocycles. The van der Waals surface area contributed by atoms with Crippen molar-refractivity contribution in [1.29, 1.82) is 0 Å². The lowest BCUT2D eigenvalue weighted by Crippen LogP contribution is -2.13. The maximum atomic E-state index is 5.24. The first-order chi connectivity index (χ1) is 25.0. The summed E-state index contributed by atoms with van der Waals surface area (Å²) in [6.07, 6.45) is 4.46. The number of hydrogen-bond acceptors (Lipinski definition) is 4. The van der Waals surface area contributed by atoms with Crippen molar-refractivity contribution >= 4 is 56.6 Å². The molecule has 0 spiro atoms. The smallest absolute Gasteiger partial charge is 0.0815 e. The molecule has 4 heteroatoms.